The maximum absolute atomic E-state index is 5.92. The zero-order chi connectivity index (χ0) is 25.5. The Morgan fingerprint density at radius 2 is 1.76 bits per heavy atom. The fourth-order valence-electron chi connectivity index (χ4n) is 4.86. The van der Waals surface area contributed by atoms with E-state index in [1.54, 1.807) is 7.11 Å². The quantitative estimate of drug-likeness (QED) is 0.336. The third-order valence-electron chi connectivity index (χ3n) is 7.11. The van der Waals surface area contributed by atoms with Crippen LogP contribution in [0.4, 0.5) is 5.82 Å². The molecule has 1 N–H and O–H groups in total. The average Bonchev–Trinajstić information content (AvgIpc) is 3.59. The lowest BCUT2D eigenvalue weighted by atomic mass is 10.0. The van der Waals surface area contributed by atoms with Gasteiger partial charge >= 0.3 is 6.01 Å². The average molecular weight is 503 g/mol. The van der Waals surface area contributed by atoms with Crippen LogP contribution < -0.4 is 10.1 Å². The highest BCUT2D eigenvalue weighted by Crippen LogP contribution is 2.25. The molecule has 0 spiro atoms. The highest BCUT2D eigenvalue weighted by Gasteiger charge is 2.16. The molecule has 1 aliphatic carbocycles. The van der Waals surface area contributed by atoms with E-state index < -0.39 is 0 Å². The molecule has 5 rings (SSSR count). The molecule has 2 aliphatic rings. The summed E-state index contributed by atoms with van der Waals surface area (Å²) >= 11 is 0. The van der Waals surface area contributed by atoms with E-state index in [1.165, 1.54) is 42.6 Å². The summed E-state index contributed by atoms with van der Waals surface area (Å²) in [5, 5.41) is 9.09. The molecule has 196 valence electrons. The number of hydrogen-bond acceptors (Lipinski definition) is 7. The van der Waals surface area contributed by atoms with Crippen LogP contribution in [0, 0.1) is 0 Å². The molecule has 0 radical (unpaired) electrons. The maximum Gasteiger partial charge on any atom is 0.320 e. The molecule has 0 amide bonds. The van der Waals surface area contributed by atoms with Gasteiger partial charge in [-0.2, -0.15) is 15.1 Å². The van der Waals surface area contributed by atoms with Gasteiger partial charge in [-0.05, 0) is 56.0 Å². The molecule has 1 fully saturated rings. The Kier molecular flexibility index (Phi) is 8.35. The second-order valence-electron chi connectivity index (χ2n) is 9.91. The van der Waals surface area contributed by atoms with Gasteiger partial charge in [-0.1, -0.05) is 49.3 Å². The zero-order valence-electron chi connectivity index (χ0n) is 22.1. The molecule has 3 heterocycles. The number of rotatable bonds is 12. The molecule has 0 saturated carbocycles. The van der Waals surface area contributed by atoms with E-state index in [0.717, 1.165) is 54.8 Å². The van der Waals surface area contributed by atoms with Crippen molar-refractivity contribution in [3.8, 4) is 6.01 Å². The van der Waals surface area contributed by atoms with Gasteiger partial charge in [-0.25, -0.2) is 4.68 Å². The molecule has 1 saturated heterocycles. The van der Waals surface area contributed by atoms with E-state index in [2.05, 4.69) is 52.6 Å². The second-order valence-corrected chi connectivity index (χ2v) is 9.91. The topological polar surface area (TPSA) is 77.3 Å². The lowest BCUT2D eigenvalue weighted by Gasteiger charge is -2.15. The Bertz CT molecular complexity index is 1240. The third-order valence-corrected chi connectivity index (χ3v) is 7.11. The predicted molar refractivity (Wildman–Crippen MR) is 147 cm³/mol. The van der Waals surface area contributed by atoms with Crippen LogP contribution in [0.5, 0.6) is 6.01 Å². The predicted octanol–water partition coefficient (Wildman–Crippen LogP) is 5.31. The first kappa shape index (κ1) is 25.3. The van der Waals surface area contributed by atoms with Crippen LogP contribution in [0.15, 0.2) is 53.9 Å². The number of benzene rings is 1. The number of methoxy groups -OCH3 is 1. The van der Waals surface area contributed by atoms with Gasteiger partial charge in [0.25, 0.3) is 0 Å². The molecular formula is C29H38N6O2. The van der Waals surface area contributed by atoms with Gasteiger partial charge in [0.05, 0.1) is 37.6 Å². The molecular weight excluding hydrogens is 464 g/mol. The van der Waals surface area contributed by atoms with Gasteiger partial charge in [0.15, 0.2) is 5.65 Å². The summed E-state index contributed by atoms with van der Waals surface area (Å²) in [7, 11) is 1.72. The molecule has 0 atom stereocenters. The number of aromatic nitrogens is 4. The maximum atomic E-state index is 5.92. The Labute approximate surface area is 219 Å². The second kappa shape index (κ2) is 12.2. The smallest absolute Gasteiger partial charge is 0.320 e. The normalized spacial score (nSPS) is 16.1. The van der Waals surface area contributed by atoms with Crippen molar-refractivity contribution in [1.29, 1.82) is 0 Å². The van der Waals surface area contributed by atoms with Crippen molar-refractivity contribution in [2.45, 2.75) is 58.5 Å². The molecule has 8 nitrogen and oxygen atoms in total. The van der Waals surface area contributed by atoms with Gasteiger partial charge in [0.1, 0.15) is 5.82 Å². The van der Waals surface area contributed by atoms with E-state index >= 15 is 0 Å². The lowest BCUT2D eigenvalue weighted by Crippen LogP contribution is -2.18. The molecule has 8 heteroatoms. The first-order valence-corrected chi connectivity index (χ1v) is 13.5. The van der Waals surface area contributed by atoms with Crippen LogP contribution in [0.1, 0.15) is 56.6 Å². The highest BCUT2D eigenvalue weighted by molar-refractivity contribution is 5.86. The van der Waals surface area contributed by atoms with Crippen molar-refractivity contribution >= 4 is 16.9 Å². The van der Waals surface area contributed by atoms with Crippen LogP contribution in [0.25, 0.3) is 11.0 Å². The highest BCUT2D eigenvalue weighted by atomic mass is 16.5. The third kappa shape index (κ3) is 6.49. The van der Waals surface area contributed by atoms with Crippen molar-refractivity contribution in [1.82, 2.24) is 24.6 Å². The van der Waals surface area contributed by atoms with Crippen LogP contribution in [0.2, 0.25) is 0 Å². The van der Waals surface area contributed by atoms with Crippen LogP contribution in [-0.4, -0.2) is 58.0 Å². The first-order chi connectivity index (χ1) is 18.2. The number of allylic oxidation sites excluding steroid dienone is 3. The number of unbranched alkanes of at least 4 members (excludes halogenated alkanes) is 1. The van der Waals surface area contributed by atoms with Gasteiger partial charge in [0.2, 0.25) is 0 Å². The van der Waals surface area contributed by atoms with Gasteiger partial charge in [-0.3, -0.25) is 4.90 Å². The number of likely N-dealkylation sites (tertiary alicyclic amines) is 1. The Balaban J connectivity index is 1.34. The Hall–Kier alpha value is -3.39. The Morgan fingerprint density at radius 1 is 0.973 bits per heavy atom. The zero-order valence-corrected chi connectivity index (χ0v) is 22.1. The fraction of sp³-hybridized carbons (Fsp3) is 0.483. The summed E-state index contributed by atoms with van der Waals surface area (Å²) in [6, 6.07) is 9.28. The minimum Gasteiger partial charge on any atom is -0.501 e. The molecule has 0 unspecified atom stereocenters. The van der Waals surface area contributed by atoms with Gasteiger partial charge in [0, 0.05) is 19.5 Å². The van der Waals surface area contributed by atoms with Crippen LogP contribution >= 0.6 is 0 Å². The monoisotopic (exact) mass is 502 g/mol. The van der Waals surface area contributed by atoms with E-state index in [9.17, 15) is 0 Å². The number of fused-ring (bicyclic) bond motifs is 1. The molecule has 1 aliphatic heterocycles. The first-order valence-electron chi connectivity index (χ1n) is 13.5. The summed E-state index contributed by atoms with van der Waals surface area (Å²) in [5.74, 6) is 1.77. The number of anilines is 1. The SMILES string of the molecule is CCCCOc1nc(NCC2=CC=C(OC)CC2)c2cnn(Cc3ccc(CN4CCCC4)cc3)c2n1. The van der Waals surface area contributed by atoms with Gasteiger partial charge < -0.3 is 14.8 Å². The molecule has 0 bridgehead atoms. The molecule has 2 aromatic heterocycles. The summed E-state index contributed by atoms with van der Waals surface area (Å²) < 4.78 is 13.2. The molecule has 1 aromatic carbocycles. The standard InChI is InChI=1S/C29H38N6O2/c1-3-4-17-37-29-32-27(30-18-22-11-13-25(36-2)14-12-22)26-19-31-35(28(26)33-29)21-24-9-7-23(8-10-24)20-34-15-5-6-16-34/h7-11,13,19H,3-6,12,14-18,20-21H2,1-2H3,(H,30,32,33). The minimum atomic E-state index is 0.394. The van der Waals surface area contributed by atoms with Crippen LogP contribution in [0.3, 0.4) is 0 Å². The van der Waals surface area contributed by atoms with E-state index in [0.29, 0.717) is 25.7 Å². The molecule has 3 aromatic rings. The van der Waals surface area contributed by atoms with Crippen molar-refractivity contribution in [2.75, 3.05) is 38.7 Å². The molecule has 37 heavy (non-hydrogen) atoms. The van der Waals surface area contributed by atoms with Crippen molar-refractivity contribution < 1.29 is 9.47 Å². The summed E-state index contributed by atoms with van der Waals surface area (Å²) in [5.41, 5.74) is 4.65. The summed E-state index contributed by atoms with van der Waals surface area (Å²) in [6.45, 7) is 7.55. The van der Waals surface area contributed by atoms with E-state index in [-0.39, 0.29) is 0 Å². The largest absolute Gasteiger partial charge is 0.501 e. The van der Waals surface area contributed by atoms with Gasteiger partial charge in [-0.15, -0.1) is 0 Å². The van der Waals surface area contributed by atoms with Crippen molar-refractivity contribution in [3.63, 3.8) is 0 Å². The lowest BCUT2D eigenvalue weighted by molar-refractivity contribution is 0.275. The number of hydrogen-bond donors (Lipinski definition) is 1. The van der Waals surface area contributed by atoms with E-state index in [4.69, 9.17) is 19.4 Å². The number of ether oxygens (including phenoxy) is 2. The fourth-order valence-corrected chi connectivity index (χ4v) is 4.86. The number of nitrogens with zero attached hydrogens (tertiary/aromatic N) is 5. The summed E-state index contributed by atoms with van der Waals surface area (Å²) in [6.07, 6.45) is 12.6. The van der Waals surface area contributed by atoms with Crippen molar-refractivity contribution in [3.05, 3.63) is 65.1 Å². The van der Waals surface area contributed by atoms with E-state index in [1.807, 2.05) is 17.0 Å². The summed E-state index contributed by atoms with van der Waals surface area (Å²) in [4.78, 5) is 12.0. The number of nitrogens with one attached hydrogen (secondary N) is 1. The minimum absolute atomic E-state index is 0.394. The Morgan fingerprint density at radius 3 is 2.46 bits per heavy atom. The van der Waals surface area contributed by atoms with Crippen LogP contribution in [-0.2, 0) is 17.8 Å². The van der Waals surface area contributed by atoms with Crippen molar-refractivity contribution in [2.24, 2.45) is 0 Å².